The third-order valence-corrected chi connectivity index (χ3v) is 5.81. The van der Waals surface area contributed by atoms with Gasteiger partial charge in [0.2, 0.25) is 0 Å². The van der Waals surface area contributed by atoms with Crippen LogP contribution in [0.25, 0.3) is 0 Å². The fourth-order valence-electron chi connectivity index (χ4n) is 0.845. The van der Waals surface area contributed by atoms with Crippen molar-refractivity contribution in [3.8, 4) is 5.75 Å². The zero-order valence-electron chi connectivity index (χ0n) is 11.4. The summed E-state index contributed by atoms with van der Waals surface area (Å²) in [6, 6.07) is 8.71. The van der Waals surface area contributed by atoms with Gasteiger partial charge >= 0.3 is 23.5 Å². The second kappa shape index (κ2) is 8.90. The maximum atomic E-state index is 11.1. The number of hydrogen-bond donors (Lipinski definition) is 4. The van der Waals surface area contributed by atoms with Crippen molar-refractivity contribution in [2.24, 2.45) is 0 Å². The highest BCUT2D eigenvalue weighted by atomic mass is 31.3. The van der Waals surface area contributed by atoms with Gasteiger partial charge in [-0.05, 0) is 12.1 Å². The highest BCUT2D eigenvalue weighted by Gasteiger charge is 2.41. The first-order valence-electron chi connectivity index (χ1n) is 5.19. The number of phosphoric acid groups is 3. The van der Waals surface area contributed by atoms with Crippen LogP contribution in [0.4, 0.5) is 0 Å². The van der Waals surface area contributed by atoms with Crippen molar-refractivity contribution in [3.63, 3.8) is 0 Å². The van der Waals surface area contributed by atoms with Crippen LogP contribution < -0.4 is 0 Å². The van der Waals surface area contributed by atoms with E-state index >= 15 is 0 Å². The van der Waals surface area contributed by atoms with E-state index in [9.17, 15) is 13.7 Å². The predicted octanol–water partition coefficient (Wildman–Crippen LogP) is 2.01. The molecule has 1 unspecified atom stereocenters. The summed E-state index contributed by atoms with van der Waals surface area (Å²) in [4.78, 5) is 25.1. The van der Waals surface area contributed by atoms with Crippen LogP contribution in [0.2, 0.25) is 0 Å². The van der Waals surface area contributed by atoms with E-state index < -0.39 is 23.5 Å². The van der Waals surface area contributed by atoms with Crippen LogP contribution in [0, 0.1) is 0 Å². The number of phenols is 1. The van der Waals surface area contributed by atoms with Gasteiger partial charge in [0.05, 0.1) is 0 Å². The lowest BCUT2D eigenvalue weighted by Gasteiger charge is -2.16. The lowest BCUT2D eigenvalue weighted by atomic mass is 10.3. The summed E-state index contributed by atoms with van der Waals surface area (Å²) in [7, 11) is -13.2. The van der Waals surface area contributed by atoms with Crippen molar-refractivity contribution in [2.75, 3.05) is 14.2 Å². The maximum Gasteiger partial charge on any atom is 0.490 e. The number of hydrogen-bond acceptors (Lipinski definition) is 8. The average Bonchev–Trinajstić information content (AvgIpc) is 2.37. The smallest absolute Gasteiger partial charge is 0.490 e. The van der Waals surface area contributed by atoms with Gasteiger partial charge in [-0.25, -0.2) is 13.7 Å². The first-order valence-corrected chi connectivity index (χ1v) is 9.68. The summed E-state index contributed by atoms with van der Waals surface area (Å²) >= 11 is 0. The topological polar surface area (TPSA) is 169 Å². The summed E-state index contributed by atoms with van der Waals surface area (Å²) in [6.07, 6.45) is 0. The van der Waals surface area contributed by atoms with Crippen LogP contribution in [0.15, 0.2) is 30.3 Å². The van der Waals surface area contributed by atoms with Crippen LogP contribution >= 0.6 is 23.5 Å². The number of para-hydroxylation sites is 1. The molecule has 0 saturated carbocycles. The summed E-state index contributed by atoms with van der Waals surface area (Å²) in [6.45, 7) is 0. The molecule has 1 aromatic carbocycles. The largest absolute Gasteiger partial charge is 0.508 e. The Kier molecular flexibility index (Phi) is 8.67. The van der Waals surface area contributed by atoms with E-state index in [0.717, 1.165) is 14.2 Å². The second-order valence-electron chi connectivity index (χ2n) is 3.27. The molecule has 1 atom stereocenters. The summed E-state index contributed by atoms with van der Waals surface area (Å²) in [5.41, 5.74) is 0. The van der Waals surface area contributed by atoms with Crippen molar-refractivity contribution in [1.29, 1.82) is 0 Å². The normalized spacial score (nSPS) is 14.6. The fraction of sp³-hybridized carbons (Fsp3) is 0.250. The standard InChI is InChI=1S/C6H6O.C2H9O10P3/c7-6-4-2-1-3-5-6;1-9-15(8,10-2)12-14(6,7)11-13(3,4)5/h1-5,7H;1-2H3,(H,6,7)(H2,3,4,5). The third kappa shape index (κ3) is 10.2. The Morgan fingerprint density at radius 2 is 1.32 bits per heavy atom. The van der Waals surface area contributed by atoms with Crippen LogP contribution in [0.5, 0.6) is 5.75 Å². The van der Waals surface area contributed by atoms with Crippen LogP contribution in [0.3, 0.4) is 0 Å². The molecule has 0 spiro atoms. The Morgan fingerprint density at radius 3 is 1.59 bits per heavy atom. The second-order valence-corrected chi connectivity index (χ2v) is 8.12. The Morgan fingerprint density at radius 1 is 0.864 bits per heavy atom. The number of phosphoric ester groups is 1. The lowest BCUT2D eigenvalue weighted by molar-refractivity contribution is 0.175. The van der Waals surface area contributed by atoms with Gasteiger partial charge in [-0.3, -0.25) is 9.05 Å². The molecular formula is C8H15O11P3. The maximum absolute atomic E-state index is 11.1. The minimum atomic E-state index is -5.26. The van der Waals surface area contributed by atoms with E-state index in [4.69, 9.17) is 19.8 Å². The number of aromatic hydroxyl groups is 1. The van der Waals surface area contributed by atoms with Crippen molar-refractivity contribution < 1.29 is 51.2 Å². The quantitative estimate of drug-likeness (QED) is 0.532. The Hall–Kier alpha value is -0.570. The fourth-order valence-corrected chi connectivity index (χ4v) is 4.00. The van der Waals surface area contributed by atoms with E-state index in [1.807, 2.05) is 6.07 Å². The molecule has 1 rings (SSSR count). The van der Waals surface area contributed by atoms with Crippen molar-refractivity contribution in [2.45, 2.75) is 0 Å². The van der Waals surface area contributed by atoms with Crippen molar-refractivity contribution in [3.05, 3.63) is 30.3 Å². The molecule has 1 aromatic rings. The Bertz CT molecular complexity index is 574. The molecule has 0 fully saturated rings. The summed E-state index contributed by atoms with van der Waals surface area (Å²) < 4.78 is 47.5. The molecule has 0 aromatic heterocycles. The molecule has 0 aliphatic carbocycles. The molecule has 0 amide bonds. The van der Waals surface area contributed by atoms with Crippen LogP contribution in [-0.2, 0) is 31.4 Å². The minimum absolute atomic E-state index is 0.322. The molecule has 128 valence electrons. The molecule has 0 bridgehead atoms. The van der Waals surface area contributed by atoms with E-state index in [0.29, 0.717) is 5.75 Å². The molecule has 11 nitrogen and oxygen atoms in total. The first-order chi connectivity index (χ1) is 9.93. The van der Waals surface area contributed by atoms with Gasteiger partial charge in [0.1, 0.15) is 5.75 Å². The molecule has 0 radical (unpaired) electrons. The highest BCUT2D eigenvalue weighted by molar-refractivity contribution is 7.66. The molecule has 0 aliphatic heterocycles. The molecule has 0 heterocycles. The van der Waals surface area contributed by atoms with Crippen molar-refractivity contribution in [1.82, 2.24) is 0 Å². The van der Waals surface area contributed by atoms with Gasteiger partial charge in [0, 0.05) is 14.2 Å². The molecule has 0 aliphatic rings. The number of benzene rings is 1. The van der Waals surface area contributed by atoms with E-state index in [1.54, 1.807) is 24.3 Å². The average molecular weight is 380 g/mol. The third-order valence-electron chi connectivity index (χ3n) is 1.62. The first kappa shape index (κ1) is 21.4. The van der Waals surface area contributed by atoms with E-state index in [-0.39, 0.29) is 0 Å². The van der Waals surface area contributed by atoms with Gasteiger partial charge in [-0.2, -0.15) is 8.62 Å². The molecule has 0 saturated heterocycles. The number of phenolic OH excluding ortho intramolecular Hbond substituents is 1. The minimum Gasteiger partial charge on any atom is -0.508 e. The molecule has 4 N–H and O–H groups in total. The van der Waals surface area contributed by atoms with Gasteiger partial charge in [0.25, 0.3) is 0 Å². The zero-order valence-corrected chi connectivity index (χ0v) is 14.1. The van der Waals surface area contributed by atoms with Gasteiger partial charge in [0.15, 0.2) is 0 Å². The van der Waals surface area contributed by atoms with Gasteiger partial charge < -0.3 is 19.8 Å². The Balaban J connectivity index is 0.000000518. The predicted molar refractivity (Wildman–Crippen MR) is 73.8 cm³/mol. The molecule has 22 heavy (non-hydrogen) atoms. The number of rotatable bonds is 6. The van der Waals surface area contributed by atoms with E-state index in [1.165, 1.54) is 0 Å². The molecular weight excluding hydrogens is 365 g/mol. The zero-order chi connectivity index (χ0) is 17.4. The lowest BCUT2D eigenvalue weighted by Crippen LogP contribution is -1.96. The SMILES string of the molecule is COP(=O)(OC)OP(=O)(O)OP(=O)(O)O.Oc1ccccc1. The van der Waals surface area contributed by atoms with Crippen LogP contribution in [-0.4, -0.2) is 34.0 Å². The van der Waals surface area contributed by atoms with Gasteiger partial charge in [-0.1, -0.05) is 18.2 Å². The molecule has 14 heteroatoms. The van der Waals surface area contributed by atoms with E-state index in [2.05, 4.69) is 17.7 Å². The van der Waals surface area contributed by atoms with Gasteiger partial charge in [-0.15, -0.1) is 0 Å². The Labute approximate surface area is 125 Å². The summed E-state index contributed by atoms with van der Waals surface area (Å²) in [5, 5.41) is 8.63. The summed E-state index contributed by atoms with van der Waals surface area (Å²) in [5.74, 6) is 0.322. The highest BCUT2D eigenvalue weighted by Crippen LogP contribution is 2.67. The van der Waals surface area contributed by atoms with Crippen LogP contribution in [0.1, 0.15) is 0 Å². The van der Waals surface area contributed by atoms with Crippen molar-refractivity contribution >= 4 is 23.5 Å². The monoisotopic (exact) mass is 380 g/mol.